The molecular weight excluding hydrogens is 258 g/mol. The summed E-state index contributed by atoms with van der Waals surface area (Å²) < 4.78 is 0. The van der Waals surface area contributed by atoms with E-state index < -0.39 is 0 Å². The van der Waals surface area contributed by atoms with Crippen LogP contribution in [0.2, 0.25) is 0 Å². The standard InChI is InChI=1S/C14H21N3OS/c1-19-9-7-13(15)14(18)17(12-5-6-12)10-11-4-2-3-8-16-11/h2-4,8,12-13H,5-7,9-10,15H2,1H3/t13-/m0/s1. The van der Waals surface area contributed by atoms with Gasteiger partial charge in [-0.3, -0.25) is 9.78 Å². The zero-order valence-electron chi connectivity index (χ0n) is 11.3. The maximum Gasteiger partial charge on any atom is 0.240 e. The highest BCUT2D eigenvalue weighted by Gasteiger charge is 2.34. The average molecular weight is 279 g/mol. The molecule has 0 radical (unpaired) electrons. The third-order valence-electron chi connectivity index (χ3n) is 3.28. The Balaban J connectivity index is 1.97. The highest BCUT2D eigenvalue weighted by Crippen LogP contribution is 2.28. The number of carbonyl (C=O) groups excluding carboxylic acids is 1. The Morgan fingerprint density at radius 3 is 2.95 bits per heavy atom. The van der Waals surface area contributed by atoms with Crippen LogP contribution in [0.1, 0.15) is 25.0 Å². The molecule has 1 saturated carbocycles. The maximum absolute atomic E-state index is 12.4. The lowest BCUT2D eigenvalue weighted by Gasteiger charge is -2.25. The van der Waals surface area contributed by atoms with Crippen molar-refractivity contribution in [2.24, 2.45) is 5.73 Å². The molecule has 1 aromatic rings. The number of hydrogen-bond donors (Lipinski definition) is 1. The van der Waals surface area contributed by atoms with E-state index in [-0.39, 0.29) is 11.9 Å². The van der Waals surface area contributed by atoms with Crippen molar-refractivity contribution in [3.05, 3.63) is 30.1 Å². The summed E-state index contributed by atoms with van der Waals surface area (Å²) in [7, 11) is 0. The number of amides is 1. The predicted molar refractivity (Wildman–Crippen MR) is 78.8 cm³/mol. The van der Waals surface area contributed by atoms with Gasteiger partial charge in [0, 0.05) is 12.2 Å². The Morgan fingerprint density at radius 2 is 2.37 bits per heavy atom. The predicted octanol–water partition coefficient (Wildman–Crippen LogP) is 1.65. The number of nitrogens with zero attached hydrogens (tertiary/aromatic N) is 2. The summed E-state index contributed by atoms with van der Waals surface area (Å²) in [6.45, 7) is 0.581. The van der Waals surface area contributed by atoms with Crippen molar-refractivity contribution in [1.29, 1.82) is 0 Å². The number of thioether (sulfide) groups is 1. The first-order valence-corrected chi connectivity index (χ1v) is 8.06. The van der Waals surface area contributed by atoms with E-state index >= 15 is 0 Å². The van der Waals surface area contributed by atoms with E-state index in [1.54, 1.807) is 18.0 Å². The fraction of sp³-hybridized carbons (Fsp3) is 0.571. The molecule has 1 heterocycles. The van der Waals surface area contributed by atoms with Crippen molar-refractivity contribution in [1.82, 2.24) is 9.88 Å². The molecule has 2 N–H and O–H groups in total. The van der Waals surface area contributed by atoms with E-state index in [0.29, 0.717) is 12.6 Å². The van der Waals surface area contributed by atoms with E-state index in [0.717, 1.165) is 30.7 Å². The molecule has 1 amide bonds. The summed E-state index contributed by atoms with van der Waals surface area (Å²) >= 11 is 1.72. The second kappa shape index (κ2) is 6.91. The van der Waals surface area contributed by atoms with Crippen LogP contribution in [-0.2, 0) is 11.3 Å². The lowest BCUT2D eigenvalue weighted by atomic mass is 10.2. The largest absolute Gasteiger partial charge is 0.332 e. The van der Waals surface area contributed by atoms with Crippen LogP contribution in [0.15, 0.2) is 24.4 Å². The fourth-order valence-corrected chi connectivity index (χ4v) is 2.51. The number of hydrogen-bond acceptors (Lipinski definition) is 4. The molecule has 2 rings (SSSR count). The van der Waals surface area contributed by atoms with Gasteiger partial charge in [0.05, 0.1) is 18.3 Å². The van der Waals surface area contributed by atoms with Gasteiger partial charge in [-0.15, -0.1) is 0 Å². The molecule has 5 heteroatoms. The van der Waals surface area contributed by atoms with Crippen molar-refractivity contribution < 1.29 is 4.79 Å². The van der Waals surface area contributed by atoms with Crippen molar-refractivity contribution >= 4 is 17.7 Å². The Bertz CT molecular complexity index is 408. The average Bonchev–Trinajstić information content (AvgIpc) is 3.27. The number of rotatable bonds is 7. The van der Waals surface area contributed by atoms with Crippen LogP contribution in [0, 0.1) is 0 Å². The highest BCUT2D eigenvalue weighted by atomic mass is 32.2. The third-order valence-corrected chi connectivity index (χ3v) is 3.92. The topological polar surface area (TPSA) is 59.2 Å². The van der Waals surface area contributed by atoms with Gasteiger partial charge in [-0.25, -0.2) is 0 Å². The minimum atomic E-state index is -0.378. The highest BCUT2D eigenvalue weighted by molar-refractivity contribution is 7.98. The van der Waals surface area contributed by atoms with E-state index in [2.05, 4.69) is 4.98 Å². The van der Waals surface area contributed by atoms with Gasteiger partial charge >= 0.3 is 0 Å². The molecule has 0 spiro atoms. The molecule has 0 unspecified atom stereocenters. The van der Waals surface area contributed by atoms with Crippen LogP contribution in [0.5, 0.6) is 0 Å². The maximum atomic E-state index is 12.4. The molecule has 1 aliphatic carbocycles. The minimum absolute atomic E-state index is 0.0715. The smallest absolute Gasteiger partial charge is 0.240 e. The Kier molecular flexibility index (Phi) is 5.22. The molecule has 1 fully saturated rings. The Labute approximate surface area is 118 Å². The molecular formula is C14H21N3OS. The van der Waals surface area contributed by atoms with Gasteiger partial charge in [-0.1, -0.05) is 6.07 Å². The summed E-state index contributed by atoms with van der Waals surface area (Å²) in [5, 5.41) is 0. The quantitative estimate of drug-likeness (QED) is 0.824. The van der Waals surface area contributed by atoms with Crippen LogP contribution < -0.4 is 5.73 Å². The molecule has 19 heavy (non-hydrogen) atoms. The first-order chi connectivity index (χ1) is 9.22. The zero-order valence-corrected chi connectivity index (χ0v) is 12.1. The van der Waals surface area contributed by atoms with Crippen LogP contribution in [0.25, 0.3) is 0 Å². The molecule has 1 aliphatic rings. The van der Waals surface area contributed by atoms with Crippen molar-refractivity contribution in [2.45, 2.75) is 37.9 Å². The normalized spacial score (nSPS) is 16.1. The summed E-state index contributed by atoms with van der Waals surface area (Å²) in [4.78, 5) is 18.6. The van der Waals surface area contributed by atoms with Gasteiger partial charge in [-0.2, -0.15) is 11.8 Å². The van der Waals surface area contributed by atoms with Crippen LogP contribution >= 0.6 is 11.8 Å². The molecule has 0 aromatic carbocycles. The fourth-order valence-electron chi connectivity index (χ4n) is 2.02. The second-order valence-corrected chi connectivity index (χ2v) is 5.89. The molecule has 104 valence electrons. The Morgan fingerprint density at radius 1 is 1.58 bits per heavy atom. The first-order valence-electron chi connectivity index (χ1n) is 6.67. The number of pyridine rings is 1. The molecule has 1 aromatic heterocycles. The third kappa shape index (κ3) is 4.21. The van der Waals surface area contributed by atoms with Crippen LogP contribution in [0.4, 0.5) is 0 Å². The van der Waals surface area contributed by atoms with Gasteiger partial charge in [-0.05, 0) is 43.4 Å². The lowest BCUT2D eigenvalue weighted by Crippen LogP contribution is -2.44. The number of carbonyl (C=O) groups is 1. The SMILES string of the molecule is CSCC[C@H](N)C(=O)N(Cc1ccccn1)C1CC1. The minimum Gasteiger partial charge on any atom is -0.332 e. The van der Waals surface area contributed by atoms with E-state index in [1.165, 1.54) is 0 Å². The number of aromatic nitrogens is 1. The van der Waals surface area contributed by atoms with Crippen LogP contribution in [0.3, 0.4) is 0 Å². The molecule has 0 saturated heterocycles. The summed E-state index contributed by atoms with van der Waals surface area (Å²) in [5.41, 5.74) is 6.93. The molecule has 0 bridgehead atoms. The van der Waals surface area contributed by atoms with Crippen LogP contribution in [-0.4, -0.2) is 39.9 Å². The first kappa shape index (κ1) is 14.3. The summed E-state index contributed by atoms with van der Waals surface area (Å²) in [5.74, 6) is 0.997. The van der Waals surface area contributed by atoms with Crippen molar-refractivity contribution in [3.8, 4) is 0 Å². The molecule has 4 nitrogen and oxygen atoms in total. The summed E-state index contributed by atoms with van der Waals surface area (Å²) in [6.07, 6.45) is 6.72. The van der Waals surface area contributed by atoms with E-state index in [9.17, 15) is 4.79 Å². The second-order valence-electron chi connectivity index (χ2n) is 4.91. The summed E-state index contributed by atoms with van der Waals surface area (Å²) in [6, 6.07) is 5.78. The van der Waals surface area contributed by atoms with Gasteiger partial charge < -0.3 is 10.6 Å². The van der Waals surface area contributed by atoms with E-state index in [1.807, 2.05) is 29.4 Å². The van der Waals surface area contributed by atoms with Gasteiger partial charge in [0.1, 0.15) is 0 Å². The molecule has 1 atom stereocenters. The van der Waals surface area contributed by atoms with E-state index in [4.69, 9.17) is 5.73 Å². The zero-order chi connectivity index (χ0) is 13.7. The lowest BCUT2D eigenvalue weighted by molar-refractivity contribution is -0.133. The van der Waals surface area contributed by atoms with Gasteiger partial charge in [0.2, 0.25) is 5.91 Å². The van der Waals surface area contributed by atoms with Gasteiger partial charge in [0.25, 0.3) is 0 Å². The van der Waals surface area contributed by atoms with Crippen molar-refractivity contribution in [3.63, 3.8) is 0 Å². The Hall–Kier alpha value is -1.07. The van der Waals surface area contributed by atoms with Gasteiger partial charge in [0.15, 0.2) is 0 Å². The molecule has 0 aliphatic heterocycles. The monoisotopic (exact) mass is 279 g/mol. The van der Waals surface area contributed by atoms with Crippen molar-refractivity contribution in [2.75, 3.05) is 12.0 Å². The number of nitrogens with two attached hydrogens (primary N) is 1.